The van der Waals surface area contributed by atoms with Gasteiger partial charge in [0.05, 0.1) is 7.11 Å². The number of hydrogen-bond donors (Lipinski definition) is 1. The van der Waals surface area contributed by atoms with Crippen LogP contribution in [0.3, 0.4) is 0 Å². The monoisotopic (exact) mass is 184 g/mol. The van der Waals surface area contributed by atoms with Crippen molar-refractivity contribution in [2.75, 3.05) is 7.11 Å². The molecular weight excluding hydrogens is 171 g/mol. The average Bonchev–Trinajstić information content (AvgIpc) is 2.09. The van der Waals surface area contributed by atoms with E-state index < -0.39 is 0 Å². The fourth-order valence-electron chi connectivity index (χ4n) is 1.02. The first-order valence-corrected chi connectivity index (χ1v) is 3.74. The Hall–Kier alpha value is -1.51. The van der Waals surface area contributed by atoms with Crippen LogP contribution in [-0.2, 0) is 6.42 Å². The highest BCUT2D eigenvalue weighted by Crippen LogP contribution is 2.26. The van der Waals surface area contributed by atoms with Crippen molar-refractivity contribution in [1.82, 2.24) is 0 Å². The molecule has 3 heteroatoms. The molecule has 72 valence electrons. The first kappa shape index (κ1) is 11.5. The molecule has 1 aromatic rings. The Labute approximate surface area is 76.8 Å². The minimum atomic E-state index is 0. The number of ether oxygens (including phenoxy) is 1. The standard InChI is InChI=1S/C10H12O2.FH/c1-3-4-8-5-6-9(11)10(7-8)12-2;/h3,5-7,11H,1,4H2,2H3;1H. The second kappa shape index (κ2) is 5.19. The second-order valence-corrected chi connectivity index (χ2v) is 2.50. The number of phenolic OH excluding ortho intramolecular Hbond substituents is 1. The first-order valence-electron chi connectivity index (χ1n) is 3.74. The summed E-state index contributed by atoms with van der Waals surface area (Å²) in [4.78, 5) is 0. The third-order valence-electron chi connectivity index (χ3n) is 1.62. The highest BCUT2D eigenvalue weighted by atomic mass is 19.0. The van der Waals surface area contributed by atoms with Crippen LogP contribution in [-0.4, -0.2) is 12.2 Å². The zero-order valence-corrected chi connectivity index (χ0v) is 7.49. The van der Waals surface area contributed by atoms with Crippen LogP contribution in [0.1, 0.15) is 5.56 Å². The minimum absolute atomic E-state index is 0. The second-order valence-electron chi connectivity index (χ2n) is 2.50. The van der Waals surface area contributed by atoms with E-state index in [-0.39, 0.29) is 10.5 Å². The Morgan fingerprint density at radius 2 is 2.23 bits per heavy atom. The van der Waals surface area contributed by atoms with Crippen LogP contribution in [0.4, 0.5) is 4.70 Å². The number of rotatable bonds is 3. The zero-order chi connectivity index (χ0) is 8.97. The Bertz CT molecular complexity index is 284. The van der Waals surface area contributed by atoms with Gasteiger partial charge in [0.15, 0.2) is 11.5 Å². The SMILES string of the molecule is C=CCc1ccc(O)c(OC)c1.F. The average molecular weight is 184 g/mol. The molecule has 1 rings (SSSR count). The molecule has 0 aliphatic carbocycles. The predicted octanol–water partition coefficient (Wildman–Crippen LogP) is 2.28. The topological polar surface area (TPSA) is 29.5 Å². The lowest BCUT2D eigenvalue weighted by molar-refractivity contribution is 0.373. The van der Waals surface area contributed by atoms with E-state index in [1.807, 2.05) is 12.1 Å². The van der Waals surface area contributed by atoms with E-state index >= 15 is 0 Å². The lowest BCUT2D eigenvalue weighted by Crippen LogP contribution is -1.86. The van der Waals surface area contributed by atoms with Gasteiger partial charge in [-0.05, 0) is 24.1 Å². The summed E-state index contributed by atoms with van der Waals surface area (Å²) in [5.41, 5.74) is 1.08. The smallest absolute Gasteiger partial charge is 0.160 e. The summed E-state index contributed by atoms with van der Waals surface area (Å²) in [5, 5.41) is 9.25. The van der Waals surface area contributed by atoms with Gasteiger partial charge in [-0.25, -0.2) is 0 Å². The number of phenols is 1. The fraction of sp³-hybridized carbons (Fsp3) is 0.200. The molecule has 0 saturated heterocycles. The summed E-state index contributed by atoms with van der Waals surface area (Å²) < 4.78 is 4.95. The molecule has 0 saturated carbocycles. The molecule has 0 heterocycles. The Morgan fingerprint density at radius 3 is 2.77 bits per heavy atom. The van der Waals surface area contributed by atoms with E-state index in [1.165, 1.54) is 7.11 Å². The van der Waals surface area contributed by atoms with Gasteiger partial charge in [-0.1, -0.05) is 12.1 Å². The quantitative estimate of drug-likeness (QED) is 0.730. The van der Waals surface area contributed by atoms with Gasteiger partial charge in [0, 0.05) is 0 Å². The van der Waals surface area contributed by atoms with Crippen LogP contribution in [0.15, 0.2) is 30.9 Å². The number of allylic oxidation sites excluding steroid dienone is 1. The largest absolute Gasteiger partial charge is 0.504 e. The summed E-state index contributed by atoms with van der Waals surface area (Å²) in [7, 11) is 1.53. The minimum Gasteiger partial charge on any atom is -0.504 e. The molecule has 0 fully saturated rings. The summed E-state index contributed by atoms with van der Waals surface area (Å²) in [6, 6.07) is 5.27. The highest BCUT2D eigenvalue weighted by Gasteiger charge is 2.00. The van der Waals surface area contributed by atoms with Crippen molar-refractivity contribution in [3.05, 3.63) is 36.4 Å². The predicted molar refractivity (Wildman–Crippen MR) is 51.1 cm³/mol. The molecule has 0 radical (unpaired) electrons. The molecule has 0 atom stereocenters. The molecule has 0 amide bonds. The maximum Gasteiger partial charge on any atom is 0.160 e. The van der Waals surface area contributed by atoms with Crippen molar-refractivity contribution in [2.45, 2.75) is 6.42 Å². The molecule has 0 aromatic heterocycles. The maximum absolute atomic E-state index is 9.25. The van der Waals surface area contributed by atoms with Gasteiger partial charge >= 0.3 is 0 Å². The molecule has 0 spiro atoms. The molecule has 0 aliphatic rings. The van der Waals surface area contributed by atoms with E-state index in [0.717, 1.165) is 12.0 Å². The first-order chi connectivity index (χ1) is 5.77. The van der Waals surface area contributed by atoms with E-state index in [1.54, 1.807) is 12.1 Å². The van der Waals surface area contributed by atoms with E-state index in [0.29, 0.717) is 5.75 Å². The van der Waals surface area contributed by atoms with Crippen molar-refractivity contribution >= 4 is 0 Å². The number of aromatic hydroxyl groups is 1. The van der Waals surface area contributed by atoms with Gasteiger partial charge in [0.1, 0.15) is 0 Å². The lowest BCUT2D eigenvalue weighted by atomic mass is 10.1. The third-order valence-corrected chi connectivity index (χ3v) is 1.62. The third kappa shape index (κ3) is 2.78. The van der Waals surface area contributed by atoms with Gasteiger partial charge in [0.25, 0.3) is 0 Å². The molecule has 1 N–H and O–H groups in total. The lowest BCUT2D eigenvalue weighted by Gasteiger charge is -2.04. The summed E-state index contributed by atoms with van der Waals surface area (Å²) in [5.74, 6) is 0.680. The van der Waals surface area contributed by atoms with Gasteiger partial charge in [-0.3, -0.25) is 4.70 Å². The number of hydrogen-bond acceptors (Lipinski definition) is 2. The molecule has 0 unspecified atom stereocenters. The van der Waals surface area contributed by atoms with Crippen LogP contribution < -0.4 is 4.74 Å². The zero-order valence-electron chi connectivity index (χ0n) is 7.49. The number of halogens is 1. The van der Waals surface area contributed by atoms with Crippen molar-refractivity contribution in [2.24, 2.45) is 0 Å². The van der Waals surface area contributed by atoms with E-state index in [9.17, 15) is 5.11 Å². The maximum atomic E-state index is 9.25. The molecule has 0 aliphatic heterocycles. The highest BCUT2D eigenvalue weighted by molar-refractivity contribution is 5.42. The molecule has 0 bridgehead atoms. The van der Waals surface area contributed by atoms with Crippen LogP contribution in [0.2, 0.25) is 0 Å². The van der Waals surface area contributed by atoms with Crippen molar-refractivity contribution in [3.63, 3.8) is 0 Å². The number of methoxy groups -OCH3 is 1. The van der Waals surface area contributed by atoms with Crippen molar-refractivity contribution in [3.8, 4) is 11.5 Å². The van der Waals surface area contributed by atoms with Crippen LogP contribution in [0.25, 0.3) is 0 Å². The molecule has 13 heavy (non-hydrogen) atoms. The van der Waals surface area contributed by atoms with Gasteiger partial charge in [-0.15, -0.1) is 6.58 Å². The van der Waals surface area contributed by atoms with Crippen LogP contribution >= 0.6 is 0 Å². The van der Waals surface area contributed by atoms with Gasteiger partial charge in [-0.2, -0.15) is 0 Å². The Balaban J connectivity index is 0.00000144. The fourth-order valence-corrected chi connectivity index (χ4v) is 1.02. The summed E-state index contributed by atoms with van der Waals surface area (Å²) >= 11 is 0. The van der Waals surface area contributed by atoms with Gasteiger partial charge in [0.2, 0.25) is 0 Å². The van der Waals surface area contributed by atoms with Crippen molar-refractivity contribution < 1.29 is 14.5 Å². The van der Waals surface area contributed by atoms with Crippen LogP contribution in [0.5, 0.6) is 11.5 Å². The summed E-state index contributed by atoms with van der Waals surface area (Å²) in [6.07, 6.45) is 2.60. The molecular formula is C10H13FO2. The van der Waals surface area contributed by atoms with E-state index in [4.69, 9.17) is 4.74 Å². The molecule has 1 aromatic carbocycles. The summed E-state index contributed by atoms with van der Waals surface area (Å²) in [6.45, 7) is 3.63. The van der Waals surface area contributed by atoms with E-state index in [2.05, 4.69) is 6.58 Å². The van der Waals surface area contributed by atoms with Gasteiger partial charge < -0.3 is 9.84 Å². The normalized spacial score (nSPS) is 8.69. The molecule has 2 nitrogen and oxygen atoms in total. The Morgan fingerprint density at radius 1 is 1.54 bits per heavy atom. The van der Waals surface area contributed by atoms with Crippen molar-refractivity contribution in [1.29, 1.82) is 0 Å². The number of benzene rings is 1. The Kier molecular flexibility index (Phi) is 4.59. The van der Waals surface area contributed by atoms with Crippen LogP contribution in [0, 0.1) is 0 Å².